The van der Waals surface area contributed by atoms with E-state index < -0.39 is 0 Å². The maximum Gasteiger partial charge on any atom is 0.266 e. The number of thiazole rings is 1. The normalized spacial score (nSPS) is 12.2. The summed E-state index contributed by atoms with van der Waals surface area (Å²) in [5.74, 6) is 0.350. The molecule has 0 bridgehead atoms. The van der Waals surface area contributed by atoms with Crippen LogP contribution in [-0.4, -0.2) is 33.9 Å². The zero-order chi connectivity index (χ0) is 21.0. The SMILES string of the molecule is Cc1nc(-c2ccccc2)c(C(=O)N(C)[C@H](CCc2ccc(Cl)cn2)C(C)C)s1. The van der Waals surface area contributed by atoms with Gasteiger partial charge in [0.25, 0.3) is 5.91 Å². The lowest BCUT2D eigenvalue weighted by Gasteiger charge is -2.31. The number of hydrogen-bond acceptors (Lipinski definition) is 4. The Kier molecular flexibility index (Phi) is 7.04. The Bertz CT molecular complexity index is 954. The summed E-state index contributed by atoms with van der Waals surface area (Å²) in [6, 6.07) is 13.8. The highest BCUT2D eigenvalue weighted by Crippen LogP contribution is 2.30. The van der Waals surface area contributed by atoms with Gasteiger partial charge in [0.15, 0.2) is 0 Å². The van der Waals surface area contributed by atoms with Gasteiger partial charge in [-0.2, -0.15) is 0 Å². The molecule has 0 unspecified atom stereocenters. The molecule has 0 saturated carbocycles. The summed E-state index contributed by atoms with van der Waals surface area (Å²) < 4.78 is 0. The molecular formula is C23H26ClN3OS. The van der Waals surface area contributed by atoms with Crippen LogP contribution in [-0.2, 0) is 6.42 Å². The van der Waals surface area contributed by atoms with Crippen molar-refractivity contribution in [1.82, 2.24) is 14.9 Å². The van der Waals surface area contributed by atoms with Crippen molar-refractivity contribution in [2.75, 3.05) is 7.05 Å². The monoisotopic (exact) mass is 427 g/mol. The third-order valence-corrected chi connectivity index (χ3v) is 6.23. The minimum absolute atomic E-state index is 0.0252. The average Bonchev–Trinajstić information content (AvgIpc) is 3.11. The molecule has 152 valence electrons. The van der Waals surface area contributed by atoms with E-state index in [4.69, 9.17) is 11.6 Å². The Morgan fingerprint density at radius 3 is 2.52 bits per heavy atom. The summed E-state index contributed by atoms with van der Waals surface area (Å²) in [7, 11) is 1.89. The number of benzene rings is 1. The molecule has 0 aliphatic heterocycles. The zero-order valence-electron chi connectivity index (χ0n) is 17.2. The Morgan fingerprint density at radius 2 is 1.90 bits per heavy atom. The number of aromatic nitrogens is 2. The van der Waals surface area contributed by atoms with Crippen LogP contribution in [0.15, 0.2) is 48.7 Å². The van der Waals surface area contributed by atoms with Crippen LogP contribution in [0.2, 0.25) is 5.02 Å². The summed E-state index contributed by atoms with van der Waals surface area (Å²) >= 11 is 7.39. The number of carbonyl (C=O) groups excluding carboxylic acids is 1. The Morgan fingerprint density at radius 1 is 1.17 bits per heavy atom. The van der Waals surface area contributed by atoms with Crippen LogP contribution in [0.5, 0.6) is 0 Å². The van der Waals surface area contributed by atoms with Gasteiger partial charge in [-0.05, 0) is 37.8 Å². The second-order valence-electron chi connectivity index (χ2n) is 7.51. The number of pyridine rings is 1. The Hall–Kier alpha value is -2.24. The van der Waals surface area contributed by atoms with Gasteiger partial charge < -0.3 is 4.90 Å². The first-order valence-electron chi connectivity index (χ1n) is 9.77. The number of carbonyl (C=O) groups is 1. The van der Waals surface area contributed by atoms with E-state index in [0.717, 1.165) is 34.8 Å². The van der Waals surface area contributed by atoms with Gasteiger partial charge in [-0.1, -0.05) is 55.8 Å². The van der Waals surface area contributed by atoms with Crippen molar-refractivity contribution in [3.05, 3.63) is 69.3 Å². The smallest absolute Gasteiger partial charge is 0.266 e. The molecule has 1 aromatic carbocycles. The van der Waals surface area contributed by atoms with Gasteiger partial charge >= 0.3 is 0 Å². The Labute approximate surface area is 181 Å². The fourth-order valence-electron chi connectivity index (χ4n) is 3.50. The molecule has 4 nitrogen and oxygen atoms in total. The molecular weight excluding hydrogens is 402 g/mol. The lowest BCUT2D eigenvalue weighted by atomic mass is 9.96. The van der Waals surface area contributed by atoms with Gasteiger partial charge in [-0.25, -0.2) is 4.98 Å². The molecule has 0 fully saturated rings. The first-order chi connectivity index (χ1) is 13.9. The van der Waals surface area contributed by atoms with Crippen LogP contribution >= 0.6 is 22.9 Å². The highest BCUT2D eigenvalue weighted by Gasteiger charge is 2.28. The maximum atomic E-state index is 13.4. The standard InChI is InChI=1S/C23H26ClN3OS/c1-15(2)20(13-12-19-11-10-18(24)14-25-19)27(4)23(28)22-21(26-16(3)29-22)17-8-6-5-7-9-17/h5-11,14-15,20H,12-13H2,1-4H3/t20-/m1/s1. The first kappa shape index (κ1) is 21.5. The predicted molar refractivity (Wildman–Crippen MR) is 121 cm³/mol. The van der Waals surface area contributed by atoms with Crippen LogP contribution in [0, 0.1) is 12.8 Å². The summed E-state index contributed by atoms with van der Waals surface area (Å²) in [6.45, 7) is 6.25. The number of aryl methyl sites for hydroxylation is 2. The van der Waals surface area contributed by atoms with Gasteiger partial charge in [-0.3, -0.25) is 9.78 Å². The minimum atomic E-state index is 0.0252. The fraction of sp³-hybridized carbons (Fsp3) is 0.348. The topological polar surface area (TPSA) is 46.1 Å². The highest BCUT2D eigenvalue weighted by atomic mass is 35.5. The van der Waals surface area contributed by atoms with E-state index in [1.807, 2.05) is 61.3 Å². The molecule has 0 saturated heterocycles. The first-order valence-corrected chi connectivity index (χ1v) is 11.0. The van der Waals surface area contributed by atoms with E-state index in [9.17, 15) is 4.79 Å². The van der Waals surface area contributed by atoms with Crippen molar-refractivity contribution in [3.63, 3.8) is 0 Å². The molecule has 0 aliphatic rings. The molecule has 1 atom stereocenters. The summed E-state index contributed by atoms with van der Waals surface area (Å²) in [4.78, 5) is 25.0. The number of rotatable bonds is 7. The largest absolute Gasteiger partial charge is 0.338 e. The number of nitrogens with zero attached hydrogens (tertiary/aromatic N) is 3. The predicted octanol–water partition coefficient (Wildman–Crippen LogP) is 5.90. The molecule has 0 N–H and O–H groups in total. The van der Waals surface area contributed by atoms with Crippen LogP contribution in [0.1, 0.15) is 40.6 Å². The molecule has 0 radical (unpaired) electrons. The minimum Gasteiger partial charge on any atom is -0.338 e. The van der Waals surface area contributed by atoms with Gasteiger partial charge in [0.1, 0.15) is 4.88 Å². The maximum absolute atomic E-state index is 13.4. The van der Waals surface area contributed by atoms with Gasteiger partial charge in [0, 0.05) is 30.5 Å². The summed E-state index contributed by atoms with van der Waals surface area (Å²) in [6.07, 6.45) is 3.31. The molecule has 3 aromatic rings. The van der Waals surface area contributed by atoms with Crippen LogP contribution in [0.3, 0.4) is 0 Å². The number of hydrogen-bond donors (Lipinski definition) is 0. The van der Waals surface area contributed by atoms with E-state index in [2.05, 4.69) is 23.8 Å². The number of amides is 1. The molecule has 1 amide bonds. The van der Waals surface area contributed by atoms with E-state index in [0.29, 0.717) is 15.8 Å². The third-order valence-electron chi connectivity index (χ3n) is 5.05. The Balaban J connectivity index is 1.81. The van der Waals surface area contributed by atoms with E-state index in [1.54, 1.807) is 6.20 Å². The second-order valence-corrected chi connectivity index (χ2v) is 9.15. The lowest BCUT2D eigenvalue weighted by Crippen LogP contribution is -2.40. The summed E-state index contributed by atoms with van der Waals surface area (Å²) in [5, 5.41) is 1.53. The summed E-state index contributed by atoms with van der Waals surface area (Å²) in [5.41, 5.74) is 2.73. The van der Waals surface area contributed by atoms with E-state index in [-0.39, 0.29) is 11.9 Å². The number of halogens is 1. The van der Waals surface area contributed by atoms with Crippen molar-refractivity contribution in [2.24, 2.45) is 5.92 Å². The highest BCUT2D eigenvalue weighted by molar-refractivity contribution is 7.14. The lowest BCUT2D eigenvalue weighted by molar-refractivity contribution is 0.0684. The molecule has 0 aliphatic carbocycles. The van der Waals surface area contributed by atoms with Gasteiger partial charge in [0.2, 0.25) is 0 Å². The second kappa shape index (κ2) is 9.51. The molecule has 29 heavy (non-hydrogen) atoms. The van der Waals surface area contributed by atoms with Crippen molar-refractivity contribution < 1.29 is 4.79 Å². The molecule has 6 heteroatoms. The van der Waals surface area contributed by atoms with E-state index in [1.165, 1.54) is 11.3 Å². The van der Waals surface area contributed by atoms with Crippen molar-refractivity contribution in [1.29, 1.82) is 0 Å². The van der Waals surface area contributed by atoms with Crippen LogP contribution in [0.4, 0.5) is 0 Å². The molecule has 3 rings (SSSR count). The zero-order valence-corrected chi connectivity index (χ0v) is 18.8. The molecule has 0 spiro atoms. The van der Waals surface area contributed by atoms with Gasteiger partial charge in [-0.15, -0.1) is 11.3 Å². The average molecular weight is 428 g/mol. The van der Waals surface area contributed by atoms with Crippen LogP contribution < -0.4 is 0 Å². The van der Waals surface area contributed by atoms with Crippen molar-refractivity contribution in [2.45, 2.75) is 39.7 Å². The van der Waals surface area contributed by atoms with Crippen molar-refractivity contribution in [3.8, 4) is 11.3 Å². The van der Waals surface area contributed by atoms with Gasteiger partial charge in [0.05, 0.1) is 15.7 Å². The quantitative estimate of drug-likeness (QED) is 0.471. The molecule has 2 aromatic heterocycles. The fourth-order valence-corrected chi connectivity index (χ4v) is 4.53. The van der Waals surface area contributed by atoms with E-state index >= 15 is 0 Å². The van der Waals surface area contributed by atoms with Crippen LogP contribution in [0.25, 0.3) is 11.3 Å². The molecule has 2 heterocycles. The van der Waals surface area contributed by atoms with Crippen molar-refractivity contribution >= 4 is 28.8 Å². The third kappa shape index (κ3) is 5.22.